The lowest BCUT2D eigenvalue weighted by atomic mass is 9.75. The molecule has 2 aromatic rings. The van der Waals surface area contributed by atoms with Gasteiger partial charge in [0.25, 0.3) is 0 Å². The van der Waals surface area contributed by atoms with E-state index in [1.807, 2.05) is 45.3 Å². The third-order valence-corrected chi connectivity index (χ3v) is 6.22. The average Bonchev–Trinajstić information content (AvgIpc) is 3.09. The quantitative estimate of drug-likeness (QED) is 0.870. The molecule has 1 atom stereocenters. The molecule has 3 amide bonds. The summed E-state index contributed by atoms with van der Waals surface area (Å²) in [6.45, 7) is 5.07. The molecule has 28 heavy (non-hydrogen) atoms. The Morgan fingerprint density at radius 2 is 2.04 bits per heavy atom. The summed E-state index contributed by atoms with van der Waals surface area (Å²) >= 11 is 0. The SMILES string of the molecule is CCc1nn(C)c(NC(=O)N2CCCC3(C2)C(=O)N(C)c2ccccc23)c1C. The van der Waals surface area contributed by atoms with Gasteiger partial charge < -0.3 is 9.80 Å². The van der Waals surface area contributed by atoms with Crippen molar-refractivity contribution in [3.05, 3.63) is 41.1 Å². The van der Waals surface area contributed by atoms with Gasteiger partial charge in [0, 0.05) is 38.4 Å². The van der Waals surface area contributed by atoms with Crippen LogP contribution in [0.5, 0.6) is 0 Å². The number of anilines is 2. The van der Waals surface area contributed by atoms with Crippen LogP contribution in [0.3, 0.4) is 0 Å². The maximum Gasteiger partial charge on any atom is 0.323 e. The number of likely N-dealkylation sites (N-methyl/N-ethyl adjacent to an activating group) is 1. The number of piperidine rings is 1. The summed E-state index contributed by atoms with van der Waals surface area (Å²) in [5, 5.41) is 7.49. The van der Waals surface area contributed by atoms with Gasteiger partial charge in [-0.05, 0) is 37.8 Å². The third-order valence-electron chi connectivity index (χ3n) is 6.22. The molecule has 3 heterocycles. The van der Waals surface area contributed by atoms with Crippen LogP contribution in [0.15, 0.2) is 24.3 Å². The van der Waals surface area contributed by atoms with Crippen LogP contribution < -0.4 is 10.2 Å². The number of carbonyl (C=O) groups is 2. The maximum absolute atomic E-state index is 13.2. The number of hydrogen-bond donors (Lipinski definition) is 1. The number of para-hydroxylation sites is 1. The van der Waals surface area contributed by atoms with Gasteiger partial charge in [-0.1, -0.05) is 25.1 Å². The van der Waals surface area contributed by atoms with Crippen molar-refractivity contribution in [1.29, 1.82) is 0 Å². The molecular formula is C21H27N5O2. The zero-order valence-electron chi connectivity index (χ0n) is 17.0. The van der Waals surface area contributed by atoms with Gasteiger partial charge in [0.1, 0.15) is 5.82 Å². The molecule has 4 rings (SSSR count). The summed E-state index contributed by atoms with van der Waals surface area (Å²) in [5.41, 5.74) is 3.31. The van der Waals surface area contributed by atoms with Gasteiger partial charge in [0.15, 0.2) is 0 Å². The molecule has 7 heteroatoms. The molecule has 1 N–H and O–H groups in total. The third kappa shape index (κ3) is 2.60. The first-order valence-corrected chi connectivity index (χ1v) is 9.85. The summed E-state index contributed by atoms with van der Waals surface area (Å²) in [7, 11) is 3.66. The average molecular weight is 381 g/mol. The molecule has 0 radical (unpaired) electrons. The van der Waals surface area contributed by atoms with Crippen molar-refractivity contribution in [2.75, 3.05) is 30.4 Å². The van der Waals surface area contributed by atoms with Crippen molar-refractivity contribution in [3.8, 4) is 0 Å². The second-order valence-corrected chi connectivity index (χ2v) is 7.82. The number of urea groups is 1. The van der Waals surface area contributed by atoms with E-state index in [4.69, 9.17) is 0 Å². The Balaban J connectivity index is 1.61. The van der Waals surface area contributed by atoms with Gasteiger partial charge in [-0.2, -0.15) is 5.10 Å². The molecule has 0 aliphatic carbocycles. The first-order chi connectivity index (χ1) is 13.4. The number of amides is 3. The molecular weight excluding hydrogens is 354 g/mol. The lowest BCUT2D eigenvalue weighted by Crippen LogP contribution is -2.54. The number of aryl methyl sites for hydroxylation is 2. The van der Waals surface area contributed by atoms with Crippen molar-refractivity contribution >= 4 is 23.4 Å². The maximum atomic E-state index is 13.2. The Bertz CT molecular complexity index is 950. The number of aromatic nitrogens is 2. The minimum Gasteiger partial charge on any atom is -0.323 e. The number of hydrogen-bond acceptors (Lipinski definition) is 3. The van der Waals surface area contributed by atoms with Crippen molar-refractivity contribution in [2.45, 2.75) is 38.5 Å². The first-order valence-electron chi connectivity index (χ1n) is 9.85. The Hall–Kier alpha value is -2.83. The Morgan fingerprint density at radius 3 is 2.75 bits per heavy atom. The number of nitrogens with one attached hydrogen (secondary N) is 1. The molecule has 148 valence electrons. The summed E-state index contributed by atoms with van der Waals surface area (Å²) in [5.74, 6) is 0.799. The molecule has 0 saturated carbocycles. The standard InChI is InChI=1S/C21H27N5O2/c1-5-16-14(2)18(25(4)23-16)22-20(28)26-12-8-11-21(13-26)15-9-6-7-10-17(15)24(3)19(21)27/h6-7,9-10H,5,8,11-13H2,1-4H3,(H,22,28). The van der Waals surface area contributed by atoms with Gasteiger partial charge in [0.2, 0.25) is 5.91 Å². The van der Waals surface area contributed by atoms with E-state index in [2.05, 4.69) is 17.3 Å². The van der Waals surface area contributed by atoms with Crippen LogP contribution in [-0.4, -0.2) is 46.8 Å². The topological polar surface area (TPSA) is 70.5 Å². The summed E-state index contributed by atoms with van der Waals surface area (Å²) in [4.78, 5) is 29.7. The monoisotopic (exact) mass is 381 g/mol. The molecule has 2 aliphatic rings. The van der Waals surface area contributed by atoms with E-state index in [9.17, 15) is 9.59 Å². The summed E-state index contributed by atoms with van der Waals surface area (Å²) in [6, 6.07) is 7.75. The highest BCUT2D eigenvalue weighted by molar-refractivity contribution is 6.08. The molecule has 1 spiro atoms. The van der Waals surface area contributed by atoms with Crippen molar-refractivity contribution in [1.82, 2.24) is 14.7 Å². The van der Waals surface area contributed by atoms with E-state index < -0.39 is 5.41 Å². The number of carbonyl (C=O) groups excluding carboxylic acids is 2. The van der Waals surface area contributed by atoms with E-state index in [0.29, 0.717) is 13.1 Å². The minimum absolute atomic E-state index is 0.0798. The predicted molar refractivity (Wildman–Crippen MR) is 109 cm³/mol. The van der Waals surface area contributed by atoms with Crippen LogP contribution in [0, 0.1) is 6.92 Å². The Labute approximate surface area is 165 Å². The highest BCUT2D eigenvalue weighted by Gasteiger charge is 2.52. The Kier molecular flexibility index (Phi) is 4.40. The zero-order valence-corrected chi connectivity index (χ0v) is 17.0. The van der Waals surface area contributed by atoms with Gasteiger partial charge >= 0.3 is 6.03 Å². The molecule has 2 aliphatic heterocycles. The van der Waals surface area contributed by atoms with Crippen molar-refractivity contribution in [2.24, 2.45) is 7.05 Å². The van der Waals surface area contributed by atoms with Gasteiger partial charge in [-0.15, -0.1) is 0 Å². The lowest BCUT2D eigenvalue weighted by Gasteiger charge is -2.39. The largest absolute Gasteiger partial charge is 0.323 e. The van der Waals surface area contributed by atoms with Crippen molar-refractivity contribution in [3.63, 3.8) is 0 Å². The van der Waals surface area contributed by atoms with Crippen LogP contribution in [0.1, 0.15) is 36.6 Å². The van der Waals surface area contributed by atoms with Crippen LogP contribution >= 0.6 is 0 Å². The molecule has 1 fully saturated rings. The Morgan fingerprint density at radius 1 is 1.29 bits per heavy atom. The van der Waals surface area contributed by atoms with E-state index in [0.717, 1.165) is 47.6 Å². The van der Waals surface area contributed by atoms with Gasteiger partial charge in [0.05, 0.1) is 11.1 Å². The van der Waals surface area contributed by atoms with Crippen LogP contribution in [-0.2, 0) is 23.7 Å². The van der Waals surface area contributed by atoms with E-state index in [-0.39, 0.29) is 11.9 Å². The highest BCUT2D eigenvalue weighted by atomic mass is 16.2. The first kappa shape index (κ1) is 18.5. The van der Waals surface area contributed by atoms with Crippen LogP contribution in [0.4, 0.5) is 16.3 Å². The number of fused-ring (bicyclic) bond motifs is 2. The molecule has 7 nitrogen and oxygen atoms in total. The molecule has 1 aromatic heterocycles. The van der Waals surface area contributed by atoms with E-state index in [1.165, 1.54) is 0 Å². The smallest absolute Gasteiger partial charge is 0.323 e. The molecule has 1 unspecified atom stereocenters. The van der Waals surface area contributed by atoms with Crippen molar-refractivity contribution < 1.29 is 9.59 Å². The number of likely N-dealkylation sites (tertiary alicyclic amines) is 1. The van der Waals surface area contributed by atoms with E-state index >= 15 is 0 Å². The fraction of sp³-hybridized carbons (Fsp3) is 0.476. The predicted octanol–water partition coefficient (Wildman–Crippen LogP) is 2.83. The normalized spacial score (nSPS) is 21.4. The lowest BCUT2D eigenvalue weighted by molar-refractivity contribution is -0.124. The zero-order chi connectivity index (χ0) is 20.1. The molecule has 1 saturated heterocycles. The van der Waals surface area contributed by atoms with Gasteiger partial charge in [-0.3, -0.25) is 14.8 Å². The second kappa shape index (κ2) is 6.65. The number of rotatable bonds is 2. The van der Waals surface area contributed by atoms with Crippen LogP contribution in [0.2, 0.25) is 0 Å². The van der Waals surface area contributed by atoms with Gasteiger partial charge in [-0.25, -0.2) is 4.79 Å². The number of benzene rings is 1. The fourth-order valence-electron chi connectivity index (χ4n) is 4.72. The fourth-order valence-corrected chi connectivity index (χ4v) is 4.72. The second-order valence-electron chi connectivity index (χ2n) is 7.82. The molecule has 0 bridgehead atoms. The highest BCUT2D eigenvalue weighted by Crippen LogP contribution is 2.46. The van der Waals surface area contributed by atoms with E-state index in [1.54, 1.807) is 14.5 Å². The summed E-state index contributed by atoms with van der Waals surface area (Å²) in [6.07, 6.45) is 2.38. The minimum atomic E-state index is -0.642. The van der Waals surface area contributed by atoms with Crippen LogP contribution in [0.25, 0.3) is 0 Å². The summed E-state index contributed by atoms with van der Waals surface area (Å²) < 4.78 is 1.72. The molecule has 1 aromatic carbocycles. The number of nitrogens with zero attached hydrogens (tertiary/aromatic N) is 4.